The Hall–Kier alpha value is -3.69. The minimum Gasteiger partial charge on any atom is -0.470 e. The molecule has 2 N–H and O–H groups in total. The average Bonchev–Trinajstić information content (AvgIpc) is 3.48. The summed E-state index contributed by atoms with van der Waals surface area (Å²) in [4.78, 5) is 33.6. The lowest BCUT2D eigenvalue weighted by molar-refractivity contribution is 0.0949. The number of nitrogens with zero attached hydrogens (tertiary/aromatic N) is 3. The van der Waals surface area contributed by atoms with Crippen LogP contribution in [0.1, 0.15) is 105 Å². The van der Waals surface area contributed by atoms with Crippen LogP contribution in [-0.2, 0) is 19.3 Å². The highest BCUT2D eigenvalue weighted by Crippen LogP contribution is 2.42. The Kier molecular flexibility index (Phi) is 10.1. The molecule has 1 saturated carbocycles. The summed E-state index contributed by atoms with van der Waals surface area (Å²) in [6.07, 6.45) is 7.96. The summed E-state index contributed by atoms with van der Waals surface area (Å²) in [6, 6.07) is 15.6. The lowest BCUT2D eigenvalue weighted by Gasteiger charge is -2.30. The summed E-state index contributed by atoms with van der Waals surface area (Å²) >= 11 is 6.17. The van der Waals surface area contributed by atoms with E-state index in [9.17, 15) is 14.7 Å². The molecule has 234 valence electrons. The Morgan fingerprint density at radius 1 is 1.07 bits per heavy atom. The third kappa shape index (κ3) is 7.16. The number of hydrogen-bond acceptors (Lipinski definition) is 7. The molecule has 10 heteroatoms. The molecule has 0 amide bonds. The molecule has 1 fully saturated rings. The second-order valence-electron chi connectivity index (χ2n) is 11.8. The average molecular weight is 621 g/mol. The number of hydrogen-bond donors (Lipinski definition) is 2. The number of nitrogens with one attached hydrogen (secondary N) is 1. The molecule has 2 aromatic heterocycles. The highest BCUT2D eigenvalue weighted by atomic mass is 35.5. The number of aliphatic hydroxyl groups is 1. The molecule has 0 bridgehead atoms. The first-order valence-electron chi connectivity index (χ1n) is 15.6. The second-order valence-corrected chi connectivity index (χ2v) is 12.6. The number of ether oxygens (including phenoxy) is 1. The zero-order chi connectivity index (χ0) is 31.3. The molecular formula is C34H41ClN4O5. The predicted octanol–water partition coefficient (Wildman–Crippen LogP) is 6.17. The molecule has 1 aliphatic rings. The minimum absolute atomic E-state index is 0.0689. The van der Waals surface area contributed by atoms with Gasteiger partial charge < -0.3 is 9.84 Å². The van der Waals surface area contributed by atoms with E-state index in [0.717, 1.165) is 56.2 Å². The van der Waals surface area contributed by atoms with Crippen molar-refractivity contribution >= 4 is 11.6 Å². The zero-order valence-corrected chi connectivity index (χ0v) is 26.4. The van der Waals surface area contributed by atoms with Crippen molar-refractivity contribution < 1.29 is 14.4 Å². The van der Waals surface area contributed by atoms with Gasteiger partial charge in [-0.1, -0.05) is 74.1 Å². The maximum absolute atomic E-state index is 14.2. The number of aromatic amines is 1. The fraction of sp³-hybridized carbons (Fsp3) is 0.471. The largest absolute Gasteiger partial charge is 0.470 e. The number of aryl methyl sites for hydroxylation is 2. The van der Waals surface area contributed by atoms with Gasteiger partial charge in [-0.15, -0.1) is 0 Å². The van der Waals surface area contributed by atoms with Crippen LogP contribution in [0.4, 0.5) is 0 Å². The maximum Gasteiger partial charge on any atom is 0.438 e. The van der Waals surface area contributed by atoms with Crippen molar-refractivity contribution in [1.82, 2.24) is 19.7 Å². The van der Waals surface area contributed by atoms with Gasteiger partial charge >= 0.3 is 5.76 Å². The summed E-state index contributed by atoms with van der Waals surface area (Å²) < 4.78 is 12.2. The lowest BCUT2D eigenvalue weighted by atomic mass is 9.75. The van der Waals surface area contributed by atoms with E-state index in [4.69, 9.17) is 25.8 Å². The Labute approximate surface area is 262 Å². The van der Waals surface area contributed by atoms with Gasteiger partial charge in [-0.2, -0.15) is 0 Å². The lowest BCUT2D eigenvalue weighted by Crippen LogP contribution is -2.30. The fourth-order valence-electron chi connectivity index (χ4n) is 6.17. The summed E-state index contributed by atoms with van der Waals surface area (Å²) in [7, 11) is 0. The van der Waals surface area contributed by atoms with E-state index in [1.165, 1.54) is 5.56 Å². The highest BCUT2D eigenvalue weighted by molar-refractivity contribution is 6.22. The van der Waals surface area contributed by atoms with Crippen LogP contribution in [0.3, 0.4) is 0 Å². The number of H-pyrrole nitrogens is 1. The van der Waals surface area contributed by atoms with Crippen molar-refractivity contribution in [3.05, 3.63) is 103 Å². The number of benzene rings is 2. The van der Waals surface area contributed by atoms with Crippen LogP contribution in [0, 0.1) is 0 Å². The minimum atomic E-state index is -1.23. The quantitative estimate of drug-likeness (QED) is 0.182. The van der Waals surface area contributed by atoms with Crippen molar-refractivity contribution in [2.75, 3.05) is 6.61 Å². The van der Waals surface area contributed by atoms with Crippen LogP contribution in [0.2, 0.25) is 0 Å². The summed E-state index contributed by atoms with van der Waals surface area (Å²) in [6.45, 7) is 5.39. The number of halogens is 1. The Morgan fingerprint density at radius 3 is 2.39 bits per heavy atom. The first kappa shape index (κ1) is 31.7. The molecule has 3 unspecified atom stereocenters. The molecule has 0 aliphatic heterocycles. The molecular weight excluding hydrogens is 580 g/mol. The van der Waals surface area contributed by atoms with Gasteiger partial charge in [0.15, 0.2) is 5.82 Å². The molecule has 44 heavy (non-hydrogen) atoms. The molecule has 2 aromatic carbocycles. The number of rotatable bonds is 12. The maximum atomic E-state index is 14.2. The van der Waals surface area contributed by atoms with Gasteiger partial charge in [0.25, 0.3) is 5.56 Å². The summed E-state index contributed by atoms with van der Waals surface area (Å²) in [5.74, 6) is 1.66. The van der Waals surface area contributed by atoms with Crippen LogP contribution in [-0.4, -0.2) is 36.5 Å². The van der Waals surface area contributed by atoms with E-state index >= 15 is 0 Å². The van der Waals surface area contributed by atoms with Crippen LogP contribution in [0.25, 0.3) is 5.69 Å². The molecule has 3 atom stereocenters. The Morgan fingerprint density at radius 2 is 1.77 bits per heavy atom. The molecule has 5 rings (SSSR count). The van der Waals surface area contributed by atoms with Gasteiger partial charge in [0.2, 0.25) is 5.06 Å². The van der Waals surface area contributed by atoms with Gasteiger partial charge in [-0.05, 0) is 73.9 Å². The molecule has 0 saturated heterocycles. The molecule has 1 aliphatic carbocycles. The smallest absolute Gasteiger partial charge is 0.438 e. The summed E-state index contributed by atoms with van der Waals surface area (Å²) in [5, 5.41) is 12.2. The SMILES string of the molecule is CCCCc1nc(CC)n(-c2ccc(OC(C)(Cl)CO)cc2)c(=O)c1Cc1ccc(C2CCCCC2c2noc(=O)[nH]2)cc1. The fourth-order valence-corrected chi connectivity index (χ4v) is 6.26. The normalized spacial score (nSPS) is 18.2. The van der Waals surface area contributed by atoms with E-state index in [0.29, 0.717) is 41.5 Å². The van der Waals surface area contributed by atoms with Gasteiger partial charge in [0, 0.05) is 24.3 Å². The van der Waals surface area contributed by atoms with Crippen molar-refractivity contribution in [1.29, 1.82) is 0 Å². The van der Waals surface area contributed by atoms with Crippen molar-refractivity contribution in [2.45, 2.75) is 95.5 Å². The predicted molar refractivity (Wildman–Crippen MR) is 170 cm³/mol. The van der Waals surface area contributed by atoms with Crippen LogP contribution in [0.5, 0.6) is 5.75 Å². The van der Waals surface area contributed by atoms with E-state index in [1.807, 2.05) is 19.1 Å². The van der Waals surface area contributed by atoms with E-state index in [2.05, 4.69) is 41.3 Å². The third-order valence-corrected chi connectivity index (χ3v) is 8.68. The van der Waals surface area contributed by atoms with Crippen molar-refractivity contribution in [2.24, 2.45) is 0 Å². The van der Waals surface area contributed by atoms with Crippen molar-refractivity contribution in [3.63, 3.8) is 0 Å². The Bertz CT molecular complexity index is 1660. The number of unbranched alkanes of at least 4 members (excludes halogenated alkanes) is 1. The Balaban J connectivity index is 1.46. The van der Waals surface area contributed by atoms with Gasteiger partial charge in [-0.3, -0.25) is 18.9 Å². The van der Waals surface area contributed by atoms with Crippen LogP contribution >= 0.6 is 11.6 Å². The first-order valence-corrected chi connectivity index (χ1v) is 16.0. The molecule has 4 aromatic rings. The number of aromatic nitrogens is 4. The second kappa shape index (κ2) is 13.9. The van der Waals surface area contributed by atoms with Gasteiger partial charge in [0.05, 0.1) is 18.0 Å². The van der Waals surface area contributed by atoms with Crippen LogP contribution in [0.15, 0.2) is 62.6 Å². The number of aliphatic hydroxyl groups excluding tert-OH is 1. The number of alkyl halides is 1. The van der Waals surface area contributed by atoms with E-state index < -0.39 is 10.8 Å². The van der Waals surface area contributed by atoms with E-state index in [-0.39, 0.29) is 24.0 Å². The molecule has 2 heterocycles. The summed E-state index contributed by atoms with van der Waals surface area (Å²) in [5.41, 5.74) is 4.42. The zero-order valence-electron chi connectivity index (χ0n) is 25.6. The monoisotopic (exact) mass is 620 g/mol. The van der Waals surface area contributed by atoms with Crippen molar-refractivity contribution in [3.8, 4) is 11.4 Å². The molecule has 0 spiro atoms. The third-order valence-electron chi connectivity index (χ3n) is 8.49. The van der Waals surface area contributed by atoms with Gasteiger partial charge in [-0.25, -0.2) is 9.78 Å². The topological polar surface area (TPSA) is 123 Å². The first-order chi connectivity index (χ1) is 21.2. The van der Waals surface area contributed by atoms with Crippen LogP contribution < -0.4 is 16.1 Å². The van der Waals surface area contributed by atoms with Gasteiger partial charge in [0.1, 0.15) is 11.6 Å². The molecule has 9 nitrogen and oxygen atoms in total. The highest BCUT2D eigenvalue weighted by Gasteiger charge is 2.31. The molecule has 0 radical (unpaired) electrons. The van der Waals surface area contributed by atoms with E-state index in [1.54, 1.807) is 23.6 Å². The standard InChI is InChI=1S/C34H41ClN4O5/c1-4-6-11-29-28(32(41)39(30(5-2)36-29)24-16-18-25(19-17-24)43-34(3,35)21-40)20-22-12-14-23(15-13-22)26-9-7-8-10-27(26)31-37-33(42)44-38-31/h12-19,26-27,40H,4-11,20-21H2,1-3H3,(H,37,38,42).